The molecule has 0 aliphatic rings. The molecule has 96 valence electrons. The third-order valence-corrected chi connectivity index (χ3v) is 2.74. The fraction of sp³-hybridized carbons (Fsp3) is 0.308. The smallest absolute Gasteiger partial charge is 0.308 e. The Hall–Kier alpha value is -1.78. The number of hydrogen-bond acceptors (Lipinski definition) is 1. The Morgan fingerprint density at radius 2 is 1.78 bits per heavy atom. The summed E-state index contributed by atoms with van der Waals surface area (Å²) in [5.74, 6) is 0. The molecule has 0 saturated heterocycles. The average molecular weight is 255 g/mol. The van der Waals surface area contributed by atoms with Crippen LogP contribution >= 0.6 is 0 Å². The van der Waals surface area contributed by atoms with Gasteiger partial charge in [-0.2, -0.15) is 13.2 Å². The number of para-hydroxylation sites is 1. The van der Waals surface area contributed by atoms with Crippen LogP contribution in [0, 0.1) is 0 Å². The topological polar surface area (TPSA) is 22.0 Å². The van der Waals surface area contributed by atoms with E-state index in [0.29, 0.717) is 5.52 Å². The van der Waals surface area contributed by atoms with E-state index in [1.165, 1.54) is 10.6 Å². The lowest BCUT2D eigenvalue weighted by Crippen LogP contribution is -2.20. The summed E-state index contributed by atoms with van der Waals surface area (Å²) in [6.07, 6.45) is -5.13. The van der Waals surface area contributed by atoms with Crippen molar-refractivity contribution in [3.8, 4) is 0 Å². The van der Waals surface area contributed by atoms with Gasteiger partial charge in [-0.15, -0.1) is 0 Å². The van der Waals surface area contributed by atoms with E-state index in [0.717, 1.165) is 5.39 Å². The highest BCUT2D eigenvalue weighted by Gasteiger charge is 2.26. The van der Waals surface area contributed by atoms with Gasteiger partial charge in [0.2, 0.25) is 0 Å². The molecule has 0 unspecified atom stereocenters. The molecule has 0 spiro atoms. The number of alkyl halides is 3. The van der Waals surface area contributed by atoms with Gasteiger partial charge in [-0.3, -0.25) is 4.79 Å². The Balaban J connectivity index is 2.27. The van der Waals surface area contributed by atoms with E-state index in [4.69, 9.17) is 0 Å². The molecule has 2 aromatic rings. The maximum atomic E-state index is 12.1. The van der Waals surface area contributed by atoms with Crippen LogP contribution in [0.25, 0.3) is 10.9 Å². The number of pyridine rings is 1. The summed E-state index contributed by atoms with van der Waals surface area (Å²) in [6.45, 7) is 0.0830. The number of nitrogens with zero attached hydrogens (tertiary/aromatic N) is 1. The van der Waals surface area contributed by atoms with E-state index in [-0.39, 0.29) is 18.5 Å². The fourth-order valence-corrected chi connectivity index (χ4v) is 1.91. The van der Waals surface area contributed by atoms with Crippen LogP contribution in [0.5, 0.6) is 0 Å². The zero-order valence-corrected chi connectivity index (χ0v) is 9.57. The van der Waals surface area contributed by atoms with Crippen molar-refractivity contribution in [2.24, 2.45) is 0 Å². The highest BCUT2D eigenvalue weighted by Crippen LogP contribution is 2.22. The number of halogens is 3. The molecule has 0 fully saturated rings. The van der Waals surface area contributed by atoms with Crippen LogP contribution in [0.1, 0.15) is 12.8 Å². The van der Waals surface area contributed by atoms with Gasteiger partial charge in [-0.05, 0) is 23.9 Å². The van der Waals surface area contributed by atoms with E-state index >= 15 is 0 Å². The maximum Gasteiger partial charge on any atom is 0.389 e. The quantitative estimate of drug-likeness (QED) is 0.824. The third-order valence-electron chi connectivity index (χ3n) is 2.74. The Kier molecular flexibility index (Phi) is 3.41. The van der Waals surface area contributed by atoms with Crippen molar-refractivity contribution in [3.63, 3.8) is 0 Å². The average Bonchev–Trinajstić information content (AvgIpc) is 2.31. The van der Waals surface area contributed by atoms with Crippen molar-refractivity contribution in [2.75, 3.05) is 0 Å². The number of aromatic nitrogens is 1. The Morgan fingerprint density at radius 3 is 2.50 bits per heavy atom. The summed E-state index contributed by atoms with van der Waals surface area (Å²) in [7, 11) is 0. The summed E-state index contributed by atoms with van der Waals surface area (Å²) in [5.41, 5.74) is 0.406. The van der Waals surface area contributed by atoms with Crippen molar-refractivity contribution in [3.05, 3.63) is 46.8 Å². The standard InChI is InChI=1S/C13H12F3NO/c14-13(15,16)8-3-9-17-11-5-2-1-4-10(11)6-7-12(17)18/h1-2,4-7H,3,8-9H2. The van der Waals surface area contributed by atoms with Crippen LogP contribution in [-0.2, 0) is 6.54 Å². The minimum atomic E-state index is -4.17. The molecule has 1 aromatic heterocycles. The van der Waals surface area contributed by atoms with Crippen LogP contribution < -0.4 is 5.56 Å². The molecule has 1 heterocycles. The predicted molar refractivity (Wildman–Crippen MR) is 63.5 cm³/mol. The first-order valence-electron chi connectivity index (χ1n) is 5.63. The molecule has 0 aliphatic heterocycles. The molecule has 0 radical (unpaired) electrons. The zero-order chi connectivity index (χ0) is 13.2. The number of hydrogen-bond donors (Lipinski definition) is 0. The van der Waals surface area contributed by atoms with Crippen molar-refractivity contribution in [1.29, 1.82) is 0 Å². The van der Waals surface area contributed by atoms with E-state index in [9.17, 15) is 18.0 Å². The van der Waals surface area contributed by atoms with Gasteiger partial charge in [0.05, 0.1) is 5.52 Å². The Labute approximate surface area is 102 Å². The van der Waals surface area contributed by atoms with Crippen molar-refractivity contribution >= 4 is 10.9 Å². The van der Waals surface area contributed by atoms with Crippen LogP contribution in [-0.4, -0.2) is 10.7 Å². The van der Waals surface area contributed by atoms with Gasteiger partial charge < -0.3 is 4.57 Å². The van der Waals surface area contributed by atoms with Crippen LogP contribution in [0.3, 0.4) is 0 Å². The Morgan fingerprint density at radius 1 is 1.06 bits per heavy atom. The van der Waals surface area contributed by atoms with Gasteiger partial charge in [0.1, 0.15) is 0 Å². The number of benzene rings is 1. The second-order valence-electron chi connectivity index (χ2n) is 4.10. The third kappa shape index (κ3) is 2.91. The highest BCUT2D eigenvalue weighted by atomic mass is 19.4. The molecule has 0 bridgehead atoms. The van der Waals surface area contributed by atoms with Crippen molar-refractivity contribution in [2.45, 2.75) is 25.6 Å². The van der Waals surface area contributed by atoms with Gasteiger partial charge in [-0.25, -0.2) is 0 Å². The lowest BCUT2D eigenvalue weighted by Gasteiger charge is -2.11. The number of fused-ring (bicyclic) bond motifs is 1. The summed E-state index contributed by atoms with van der Waals surface area (Å²) >= 11 is 0. The summed E-state index contributed by atoms with van der Waals surface area (Å²) in [4.78, 5) is 11.7. The summed E-state index contributed by atoms with van der Waals surface area (Å²) in [6, 6.07) is 10.2. The van der Waals surface area contributed by atoms with Crippen molar-refractivity contribution in [1.82, 2.24) is 4.57 Å². The van der Waals surface area contributed by atoms with Crippen LogP contribution in [0.4, 0.5) is 13.2 Å². The molecule has 0 aliphatic carbocycles. The lowest BCUT2D eigenvalue weighted by atomic mass is 10.2. The van der Waals surface area contributed by atoms with Gasteiger partial charge in [0.25, 0.3) is 5.56 Å². The van der Waals surface area contributed by atoms with E-state index in [2.05, 4.69) is 0 Å². The molecular formula is C13H12F3NO. The molecule has 2 rings (SSSR count). The highest BCUT2D eigenvalue weighted by molar-refractivity contribution is 5.78. The molecule has 0 saturated carbocycles. The zero-order valence-electron chi connectivity index (χ0n) is 9.57. The second-order valence-corrected chi connectivity index (χ2v) is 4.10. The van der Waals surface area contributed by atoms with Crippen LogP contribution in [0.2, 0.25) is 0 Å². The number of rotatable bonds is 3. The fourth-order valence-electron chi connectivity index (χ4n) is 1.91. The monoisotopic (exact) mass is 255 g/mol. The first-order valence-corrected chi connectivity index (χ1v) is 5.63. The Bertz CT molecular complexity index is 601. The first-order chi connectivity index (χ1) is 8.47. The molecule has 18 heavy (non-hydrogen) atoms. The largest absolute Gasteiger partial charge is 0.389 e. The van der Waals surface area contributed by atoms with Gasteiger partial charge in [0, 0.05) is 19.0 Å². The molecule has 2 nitrogen and oxygen atoms in total. The molecule has 1 aromatic carbocycles. The lowest BCUT2D eigenvalue weighted by molar-refractivity contribution is -0.135. The van der Waals surface area contributed by atoms with Gasteiger partial charge in [-0.1, -0.05) is 18.2 Å². The molecular weight excluding hydrogens is 243 g/mol. The molecule has 0 amide bonds. The number of aryl methyl sites for hydroxylation is 1. The minimum absolute atomic E-state index is 0.0830. The van der Waals surface area contributed by atoms with E-state index < -0.39 is 12.6 Å². The maximum absolute atomic E-state index is 12.1. The summed E-state index contributed by atoms with van der Waals surface area (Å²) in [5, 5.41) is 0.851. The molecule has 0 atom stereocenters. The first kappa shape index (κ1) is 12.7. The van der Waals surface area contributed by atoms with Crippen LogP contribution in [0.15, 0.2) is 41.2 Å². The van der Waals surface area contributed by atoms with Gasteiger partial charge >= 0.3 is 6.18 Å². The van der Waals surface area contributed by atoms with E-state index in [1.807, 2.05) is 12.1 Å². The molecule has 0 N–H and O–H groups in total. The minimum Gasteiger partial charge on any atom is -0.308 e. The van der Waals surface area contributed by atoms with Gasteiger partial charge in [0.15, 0.2) is 0 Å². The summed E-state index contributed by atoms with van der Waals surface area (Å²) < 4.78 is 37.6. The molecule has 5 heteroatoms. The second kappa shape index (κ2) is 4.84. The van der Waals surface area contributed by atoms with E-state index in [1.54, 1.807) is 18.2 Å². The predicted octanol–water partition coefficient (Wildman–Crippen LogP) is 3.34. The normalized spacial score (nSPS) is 11.9. The van der Waals surface area contributed by atoms with Crippen molar-refractivity contribution < 1.29 is 13.2 Å². The SMILES string of the molecule is O=c1ccc2ccccc2n1CCCC(F)(F)F.